The number of aromatic amines is 1. The van der Waals surface area contributed by atoms with Gasteiger partial charge in [-0.2, -0.15) is 0 Å². The number of hydrogen-bond donors (Lipinski definition) is 1. The van der Waals surface area contributed by atoms with Crippen LogP contribution in [0.4, 0.5) is 0 Å². The maximum Gasteiger partial charge on any atom is 0.332 e. The summed E-state index contributed by atoms with van der Waals surface area (Å²) in [6, 6.07) is 9.76. The average Bonchev–Trinajstić information content (AvgIpc) is 3.23. The van der Waals surface area contributed by atoms with E-state index in [4.69, 9.17) is 0 Å². The van der Waals surface area contributed by atoms with E-state index in [0.717, 1.165) is 11.3 Å². The Balaban J connectivity index is 2.03. The Kier molecular flexibility index (Phi) is 4.64. The largest absolute Gasteiger partial charge is 0.332 e. The first-order valence-corrected chi connectivity index (χ1v) is 9.41. The summed E-state index contributed by atoms with van der Waals surface area (Å²) in [5, 5.41) is 3.70. The number of fused-ring (bicyclic) bond motifs is 3. The van der Waals surface area contributed by atoms with Crippen molar-refractivity contribution in [2.75, 3.05) is 14.1 Å². The highest BCUT2D eigenvalue weighted by Crippen LogP contribution is 2.17. The molecule has 3 heterocycles. The minimum absolute atomic E-state index is 0.292. The molecule has 0 aliphatic rings. The van der Waals surface area contributed by atoms with Gasteiger partial charge < -0.3 is 4.90 Å². The Labute approximate surface area is 161 Å². The SMILES string of the molecule is CCCn1c(=O)c2c([nH]n3c(CN(C)C)cnc23)n(Cc2ccccc2)c1=O. The molecule has 8 nitrogen and oxygen atoms in total. The van der Waals surface area contributed by atoms with Crippen molar-refractivity contribution in [2.24, 2.45) is 0 Å². The second kappa shape index (κ2) is 7.12. The molecule has 3 aromatic heterocycles. The van der Waals surface area contributed by atoms with Crippen LogP contribution in [0.25, 0.3) is 16.7 Å². The van der Waals surface area contributed by atoms with Gasteiger partial charge in [0.05, 0.1) is 18.4 Å². The van der Waals surface area contributed by atoms with E-state index in [9.17, 15) is 9.59 Å². The van der Waals surface area contributed by atoms with Gasteiger partial charge in [-0.15, -0.1) is 0 Å². The lowest BCUT2D eigenvalue weighted by molar-refractivity contribution is 0.393. The molecule has 0 fully saturated rings. The van der Waals surface area contributed by atoms with Gasteiger partial charge in [0.2, 0.25) is 0 Å². The summed E-state index contributed by atoms with van der Waals surface area (Å²) in [5.41, 5.74) is 2.39. The average molecular weight is 380 g/mol. The molecule has 0 bridgehead atoms. The molecule has 4 rings (SSSR count). The van der Waals surface area contributed by atoms with Crippen LogP contribution in [0.1, 0.15) is 24.6 Å². The standard InChI is InChI=1S/C20H24N6O2/c1-4-10-24-19(27)16-17-21-11-15(13-23(2)3)26(17)22-18(16)25(20(24)28)12-14-8-6-5-7-9-14/h5-9,11,22H,4,10,12-13H2,1-3H3. The third-order valence-electron chi connectivity index (χ3n) is 4.81. The molecule has 1 N–H and O–H groups in total. The Morgan fingerprint density at radius 1 is 1.11 bits per heavy atom. The number of hydrogen-bond acceptors (Lipinski definition) is 4. The smallest absolute Gasteiger partial charge is 0.304 e. The summed E-state index contributed by atoms with van der Waals surface area (Å²) in [5.74, 6) is 0. The molecule has 0 aliphatic heterocycles. The highest BCUT2D eigenvalue weighted by atomic mass is 16.2. The first kappa shape index (κ1) is 18.2. The van der Waals surface area contributed by atoms with Crippen molar-refractivity contribution < 1.29 is 0 Å². The van der Waals surface area contributed by atoms with Crippen molar-refractivity contribution >= 4 is 16.7 Å². The van der Waals surface area contributed by atoms with E-state index in [1.165, 1.54) is 4.57 Å². The fourth-order valence-electron chi connectivity index (χ4n) is 3.58. The lowest BCUT2D eigenvalue weighted by atomic mass is 10.2. The number of benzene rings is 1. The van der Waals surface area contributed by atoms with Crippen LogP contribution < -0.4 is 11.2 Å². The van der Waals surface area contributed by atoms with Crippen molar-refractivity contribution in [3.8, 4) is 0 Å². The molecule has 0 amide bonds. The van der Waals surface area contributed by atoms with Gasteiger partial charge in [-0.25, -0.2) is 14.3 Å². The molecular formula is C20H24N6O2. The lowest BCUT2D eigenvalue weighted by Crippen LogP contribution is -2.40. The van der Waals surface area contributed by atoms with Gasteiger partial charge in [0.25, 0.3) is 5.56 Å². The van der Waals surface area contributed by atoms with Gasteiger partial charge in [-0.05, 0) is 26.1 Å². The topological polar surface area (TPSA) is 80.3 Å². The summed E-state index contributed by atoms with van der Waals surface area (Å²) in [7, 11) is 3.95. The molecule has 8 heteroatoms. The second-order valence-electron chi connectivity index (χ2n) is 7.29. The van der Waals surface area contributed by atoms with Crippen LogP contribution >= 0.6 is 0 Å². The van der Waals surface area contributed by atoms with E-state index in [1.54, 1.807) is 10.8 Å². The van der Waals surface area contributed by atoms with Crippen molar-refractivity contribution in [3.63, 3.8) is 0 Å². The van der Waals surface area contributed by atoms with Crippen LogP contribution in [-0.4, -0.2) is 42.7 Å². The first-order valence-electron chi connectivity index (χ1n) is 9.41. The minimum atomic E-state index is -0.304. The van der Waals surface area contributed by atoms with Crippen LogP contribution in [0, 0.1) is 0 Å². The minimum Gasteiger partial charge on any atom is -0.304 e. The van der Waals surface area contributed by atoms with Crippen LogP contribution in [0.5, 0.6) is 0 Å². The van der Waals surface area contributed by atoms with Gasteiger partial charge in [0.1, 0.15) is 11.0 Å². The maximum absolute atomic E-state index is 13.1. The first-order chi connectivity index (χ1) is 13.5. The lowest BCUT2D eigenvalue weighted by Gasteiger charge is -2.11. The second-order valence-corrected chi connectivity index (χ2v) is 7.29. The quantitative estimate of drug-likeness (QED) is 0.552. The van der Waals surface area contributed by atoms with Crippen molar-refractivity contribution in [2.45, 2.75) is 33.0 Å². The summed E-state index contributed by atoms with van der Waals surface area (Å²) < 4.78 is 4.76. The van der Waals surface area contributed by atoms with Gasteiger partial charge in [0, 0.05) is 13.1 Å². The molecule has 0 saturated carbocycles. The molecular weight excluding hydrogens is 356 g/mol. The number of imidazole rings is 1. The highest BCUT2D eigenvalue weighted by molar-refractivity contribution is 5.89. The van der Waals surface area contributed by atoms with E-state index in [1.807, 2.05) is 60.8 Å². The molecule has 4 aromatic rings. The zero-order valence-electron chi connectivity index (χ0n) is 16.3. The fraction of sp³-hybridized carbons (Fsp3) is 0.350. The molecule has 0 radical (unpaired) electrons. The molecule has 0 spiro atoms. The molecule has 0 atom stereocenters. The third-order valence-corrected chi connectivity index (χ3v) is 4.81. The van der Waals surface area contributed by atoms with E-state index in [0.29, 0.717) is 42.7 Å². The number of rotatable bonds is 6. The van der Waals surface area contributed by atoms with Gasteiger partial charge >= 0.3 is 5.69 Å². The van der Waals surface area contributed by atoms with E-state index in [2.05, 4.69) is 10.1 Å². The van der Waals surface area contributed by atoms with Crippen LogP contribution in [-0.2, 0) is 19.6 Å². The zero-order valence-corrected chi connectivity index (χ0v) is 16.3. The van der Waals surface area contributed by atoms with Gasteiger partial charge in [-0.1, -0.05) is 37.3 Å². The highest BCUT2D eigenvalue weighted by Gasteiger charge is 2.20. The van der Waals surface area contributed by atoms with Crippen LogP contribution in [0.15, 0.2) is 46.1 Å². The maximum atomic E-state index is 13.1. The van der Waals surface area contributed by atoms with E-state index < -0.39 is 0 Å². The fourth-order valence-corrected chi connectivity index (χ4v) is 3.58. The van der Waals surface area contributed by atoms with Crippen molar-refractivity contribution in [1.82, 2.24) is 28.6 Å². The predicted molar refractivity (Wildman–Crippen MR) is 109 cm³/mol. The third kappa shape index (κ3) is 2.95. The molecule has 0 saturated heterocycles. The Bertz CT molecular complexity index is 1240. The van der Waals surface area contributed by atoms with Crippen molar-refractivity contribution in [1.29, 1.82) is 0 Å². The number of nitrogens with zero attached hydrogens (tertiary/aromatic N) is 5. The van der Waals surface area contributed by atoms with Crippen molar-refractivity contribution in [3.05, 3.63) is 68.6 Å². The summed E-state index contributed by atoms with van der Waals surface area (Å²) in [4.78, 5) is 32.7. The Morgan fingerprint density at radius 3 is 2.54 bits per heavy atom. The molecule has 0 aliphatic carbocycles. The molecule has 0 unspecified atom stereocenters. The molecule has 1 aromatic carbocycles. The summed E-state index contributed by atoms with van der Waals surface area (Å²) in [6.45, 7) is 3.38. The monoisotopic (exact) mass is 380 g/mol. The molecule has 28 heavy (non-hydrogen) atoms. The summed E-state index contributed by atoms with van der Waals surface area (Å²) >= 11 is 0. The van der Waals surface area contributed by atoms with E-state index in [-0.39, 0.29) is 11.2 Å². The Morgan fingerprint density at radius 2 is 1.86 bits per heavy atom. The number of H-pyrrole nitrogens is 1. The van der Waals surface area contributed by atoms with E-state index >= 15 is 0 Å². The molecule has 146 valence electrons. The van der Waals surface area contributed by atoms with Crippen LogP contribution in [0.3, 0.4) is 0 Å². The number of nitrogens with one attached hydrogen (secondary N) is 1. The van der Waals surface area contributed by atoms with Crippen LogP contribution in [0.2, 0.25) is 0 Å². The van der Waals surface area contributed by atoms with Gasteiger partial charge in [-0.3, -0.25) is 19.0 Å². The Hall–Kier alpha value is -3.13. The predicted octanol–water partition coefficient (Wildman–Crippen LogP) is 1.66. The summed E-state index contributed by atoms with van der Waals surface area (Å²) in [6.07, 6.45) is 2.47. The zero-order chi connectivity index (χ0) is 19.8. The van der Waals surface area contributed by atoms with Gasteiger partial charge in [0.15, 0.2) is 5.65 Å². The normalized spacial score (nSPS) is 11.9. The number of aromatic nitrogens is 5.